The second-order valence-corrected chi connectivity index (χ2v) is 7.28. The molecule has 1 unspecified atom stereocenters. The Morgan fingerprint density at radius 3 is 2.68 bits per heavy atom. The number of likely N-dealkylation sites (tertiary alicyclic amines) is 1. The van der Waals surface area contributed by atoms with Gasteiger partial charge in [0.1, 0.15) is 6.10 Å². The van der Waals surface area contributed by atoms with Crippen LogP contribution in [0.1, 0.15) is 23.2 Å². The molecule has 1 atom stereocenters. The van der Waals surface area contributed by atoms with Crippen LogP contribution in [0.2, 0.25) is 0 Å². The van der Waals surface area contributed by atoms with Crippen LogP contribution in [0.3, 0.4) is 0 Å². The molecule has 1 aliphatic heterocycles. The Labute approximate surface area is 164 Å². The van der Waals surface area contributed by atoms with Gasteiger partial charge in [-0.3, -0.25) is 4.79 Å². The molecule has 0 radical (unpaired) electrons. The third kappa shape index (κ3) is 3.76. The highest BCUT2D eigenvalue weighted by molar-refractivity contribution is 6.07. The van der Waals surface area contributed by atoms with Crippen molar-refractivity contribution in [2.45, 2.75) is 18.9 Å². The zero-order valence-electron chi connectivity index (χ0n) is 16.2. The first-order chi connectivity index (χ1) is 13.6. The fourth-order valence-corrected chi connectivity index (χ4v) is 3.59. The van der Waals surface area contributed by atoms with Gasteiger partial charge in [0.2, 0.25) is 5.88 Å². The van der Waals surface area contributed by atoms with Gasteiger partial charge in [0.25, 0.3) is 5.91 Å². The van der Waals surface area contributed by atoms with Gasteiger partial charge in [-0.2, -0.15) is 0 Å². The molecule has 28 heavy (non-hydrogen) atoms. The van der Waals surface area contributed by atoms with Gasteiger partial charge >= 0.3 is 0 Å². The summed E-state index contributed by atoms with van der Waals surface area (Å²) in [5.41, 5.74) is 0.744. The topological polar surface area (TPSA) is 58.6 Å². The van der Waals surface area contributed by atoms with E-state index in [1.54, 1.807) is 0 Å². The predicted octanol–water partition coefficient (Wildman–Crippen LogP) is 3.38. The van der Waals surface area contributed by atoms with Crippen LogP contribution >= 0.6 is 0 Å². The summed E-state index contributed by atoms with van der Waals surface area (Å²) in [5, 5.41) is 10.4. The minimum Gasteiger partial charge on any atom is -0.471 e. The number of rotatable bonds is 4. The van der Waals surface area contributed by atoms with E-state index in [2.05, 4.69) is 10.2 Å². The first-order valence-electron chi connectivity index (χ1n) is 9.56. The molecule has 0 saturated carbocycles. The highest BCUT2D eigenvalue weighted by Gasteiger charge is 2.26. The summed E-state index contributed by atoms with van der Waals surface area (Å²) >= 11 is 0. The lowest BCUT2D eigenvalue weighted by atomic mass is 10.0. The molecular weight excluding hydrogens is 352 g/mol. The number of piperidine rings is 1. The molecule has 1 aliphatic rings. The number of anilines is 1. The third-order valence-electron chi connectivity index (χ3n) is 5.06. The van der Waals surface area contributed by atoms with Crippen LogP contribution < -0.4 is 9.64 Å². The van der Waals surface area contributed by atoms with Crippen molar-refractivity contribution in [2.24, 2.45) is 0 Å². The van der Waals surface area contributed by atoms with Crippen molar-refractivity contribution in [2.75, 3.05) is 32.1 Å². The number of hydrogen-bond acceptors (Lipinski definition) is 5. The fraction of sp³-hybridized carbons (Fsp3) is 0.318. The second-order valence-electron chi connectivity index (χ2n) is 7.28. The zero-order valence-corrected chi connectivity index (χ0v) is 16.2. The van der Waals surface area contributed by atoms with Crippen LogP contribution in [-0.2, 0) is 0 Å². The Hall–Kier alpha value is -3.15. The van der Waals surface area contributed by atoms with Crippen LogP contribution in [-0.4, -0.2) is 54.3 Å². The van der Waals surface area contributed by atoms with E-state index in [4.69, 9.17) is 4.74 Å². The van der Waals surface area contributed by atoms with E-state index in [1.807, 2.05) is 78.5 Å². The number of nitrogens with zero attached hydrogens (tertiary/aromatic N) is 4. The van der Waals surface area contributed by atoms with Crippen molar-refractivity contribution in [1.82, 2.24) is 15.1 Å². The molecule has 144 valence electrons. The van der Waals surface area contributed by atoms with E-state index in [1.165, 1.54) is 0 Å². The quantitative estimate of drug-likeness (QED) is 0.699. The Morgan fingerprint density at radius 2 is 1.89 bits per heavy atom. The molecule has 2 aromatic carbocycles. The summed E-state index contributed by atoms with van der Waals surface area (Å²) in [6.45, 7) is 1.30. The third-order valence-corrected chi connectivity index (χ3v) is 5.06. The molecular formula is C22H24N4O2. The SMILES string of the molecule is CN(C)c1ccc(OC2CCCN(C(=O)c3cccc4ccccc34)C2)nn1. The average molecular weight is 376 g/mol. The molecule has 1 aromatic heterocycles. The largest absolute Gasteiger partial charge is 0.471 e. The van der Waals surface area contributed by atoms with Gasteiger partial charge in [-0.1, -0.05) is 36.4 Å². The fourth-order valence-electron chi connectivity index (χ4n) is 3.59. The van der Waals surface area contributed by atoms with Crippen molar-refractivity contribution in [3.05, 3.63) is 60.2 Å². The maximum absolute atomic E-state index is 13.2. The molecule has 0 N–H and O–H groups in total. The first-order valence-corrected chi connectivity index (χ1v) is 9.56. The van der Waals surface area contributed by atoms with E-state index in [-0.39, 0.29) is 12.0 Å². The van der Waals surface area contributed by atoms with Crippen molar-refractivity contribution in [3.63, 3.8) is 0 Å². The Kier molecular flexibility index (Phi) is 5.10. The lowest BCUT2D eigenvalue weighted by Gasteiger charge is -2.32. The van der Waals surface area contributed by atoms with Crippen molar-refractivity contribution >= 4 is 22.5 Å². The Morgan fingerprint density at radius 1 is 1.07 bits per heavy atom. The highest BCUT2D eigenvalue weighted by Crippen LogP contribution is 2.23. The highest BCUT2D eigenvalue weighted by atomic mass is 16.5. The van der Waals surface area contributed by atoms with Crippen LogP contribution in [0.25, 0.3) is 10.8 Å². The van der Waals surface area contributed by atoms with Crippen LogP contribution in [0.5, 0.6) is 5.88 Å². The van der Waals surface area contributed by atoms with E-state index in [9.17, 15) is 4.79 Å². The molecule has 6 heteroatoms. The summed E-state index contributed by atoms with van der Waals surface area (Å²) in [6, 6.07) is 17.6. The molecule has 1 saturated heterocycles. The van der Waals surface area contributed by atoms with E-state index in [0.717, 1.165) is 41.5 Å². The van der Waals surface area contributed by atoms with Crippen molar-refractivity contribution in [3.8, 4) is 5.88 Å². The van der Waals surface area contributed by atoms with E-state index in [0.29, 0.717) is 12.4 Å². The molecule has 0 spiro atoms. The van der Waals surface area contributed by atoms with Gasteiger partial charge in [-0.25, -0.2) is 0 Å². The molecule has 2 heterocycles. The first kappa shape index (κ1) is 18.2. The van der Waals surface area contributed by atoms with Crippen LogP contribution in [0.4, 0.5) is 5.82 Å². The normalized spacial score (nSPS) is 16.8. The van der Waals surface area contributed by atoms with Crippen LogP contribution in [0, 0.1) is 0 Å². The zero-order chi connectivity index (χ0) is 19.5. The number of benzene rings is 2. The average Bonchev–Trinajstić information content (AvgIpc) is 2.73. The van der Waals surface area contributed by atoms with Gasteiger partial charge in [0.05, 0.1) is 6.54 Å². The standard InChI is InChI=1S/C22H24N4O2/c1-25(2)20-12-13-21(24-23-20)28-17-9-6-14-26(15-17)22(27)19-11-5-8-16-7-3-4-10-18(16)19/h3-5,7-8,10-13,17H,6,9,14-15H2,1-2H3. The Balaban J connectivity index is 1.48. The van der Waals surface area contributed by atoms with E-state index >= 15 is 0 Å². The van der Waals surface area contributed by atoms with Crippen molar-refractivity contribution in [1.29, 1.82) is 0 Å². The van der Waals surface area contributed by atoms with E-state index < -0.39 is 0 Å². The monoisotopic (exact) mass is 376 g/mol. The summed E-state index contributed by atoms with van der Waals surface area (Å²) in [4.78, 5) is 16.9. The lowest BCUT2D eigenvalue weighted by Crippen LogP contribution is -2.44. The van der Waals surface area contributed by atoms with Gasteiger partial charge in [-0.15, -0.1) is 10.2 Å². The molecule has 1 fully saturated rings. The molecule has 1 amide bonds. The number of carbonyl (C=O) groups is 1. The smallest absolute Gasteiger partial charge is 0.254 e. The molecule has 4 rings (SSSR count). The molecule has 0 bridgehead atoms. The number of ether oxygens (including phenoxy) is 1. The van der Waals surface area contributed by atoms with Gasteiger partial charge in [0.15, 0.2) is 5.82 Å². The minimum absolute atomic E-state index is 0.0548. The summed E-state index contributed by atoms with van der Waals surface area (Å²) in [6.07, 6.45) is 1.73. The Bertz CT molecular complexity index is 966. The van der Waals surface area contributed by atoms with Gasteiger partial charge in [-0.05, 0) is 35.7 Å². The number of aromatic nitrogens is 2. The number of hydrogen-bond donors (Lipinski definition) is 0. The molecule has 0 aliphatic carbocycles. The minimum atomic E-state index is -0.0767. The number of carbonyl (C=O) groups excluding carboxylic acids is 1. The van der Waals surface area contributed by atoms with Crippen molar-refractivity contribution < 1.29 is 9.53 Å². The molecule has 3 aromatic rings. The maximum atomic E-state index is 13.2. The summed E-state index contributed by atoms with van der Waals surface area (Å²) < 4.78 is 6.01. The lowest BCUT2D eigenvalue weighted by molar-refractivity contribution is 0.0527. The maximum Gasteiger partial charge on any atom is 0.254 e. The number of amides is 1. The summed E-state index contributed by atoms with van der Waals surface area (Å²) in [7, 11) is 3.84. The van der Waals surface area contributed by atoms with Gasteiger partial charge < -0.3 is 14.5 Å². The second kappa shape index (κ2) is 7.84. The van der Waals surface area contributed by atoms with Gasteiger partial charge in [0, 0.05) is 32.3 Å². The number of fused-ring (bicyclic) bond motifs is 1. The summed E-state index contributed by atoms with van der Waals surface area (Å²) in [5.74, 6) is 1.33. The van der Waals surface area contributed by atoms with Crippen LogP contribution in [0.15, 0.2) is 54.6 Å². The molecule has 6 nitrogen and oxygen atoms in total. The predicted molar refractivity (Wildman–Crippen MR) is 110 cm³/mol.